The highest BCUT2D eigenvalue weighted by Crippen LogP contribution is 2.25. The average molecular weight is 433 g/mol. The molecule has 0 saturated carbocycles. The molecular formula is C26H32N4O2. The lowest BCUT2D eigenvalue weighted by molar-refractivity contribution is -0.142. The number of nitrogens with one attached hydrogen (secondary N) is 2. The van der Waals surface area contributed by atoms with E-state index in [1.165, 1.54) is 0 Å². The van der Waals surface area contributed by atoms with Crippen molar-refractivity contribution in [1.29, 1.82) is 0 Å². The summed E-state index contributed by atoms with van der Waals surface area (Å²) in [6.07, 6.45) is 2.03. The van der Waals surface area contributed by atoms with E-state index >= 15 is 0 Å². The summed E-state index contributed by atoms with van der Waals surface area (Å²) in [5, 5.41) is 3.25. The van der Waals surface area contributed by atoms with Crippen molar-refractivity contribution >= 4 is 22.8 Å². The Bertz CT molecular complexity index is 1040. The lowest BCUT2D eigenvalue weighted by Gasteiger charge is -2.35. The number of imidazole rings is 1. The van der Waals surface area contributed by atoms with Gasteiger partial charge in [0.1, 0.15) is 5.82 Å². The Labute approximate surface area is 189 Å². The lowest BCUT2D eigenvalue weighted by atomic mass is 9.90. The minimum atomic E-state index is -0.392. The third-order valence-corrected chi connectivity index (χ3v) is 6.13. The number of carbonyl (C=O) groups excluding carboxylic acids is 2. The Morgan fingerprint density at radius 1 is 1.06 bits per heavy atom. The molecule has 168 valence electrons. The zero-order chi connectivity index (χ0) is 22.7. The van der Waals surface area contributed by atoms with Crippen LogP contribution in [0.15, 0.2) is 54.6 Å². The molecule has 2 heterocycles. The van der Waals surface area contributed by atoms with Crippen molar-refractivity contribution < 1.29 is 9.59 Å². The number of hydrogen-bond acceptors (Lipinski definition) is 3. The number of H-pyrrole nitrogens is 1. The predicted octanol–water partition coefficient (Wildman–Crippen LogP) is 4.25. The Hall–Kier alpha value is -3.15. The van der Waals surface area contributed by atoms with Crippen molar-refractivity contribution in [3.63, 3.8) is 0 Å². The SMILES string of the molecule is CC(C)(C)C(=O)N1CCC(C(=O)N[C@@H](Cc2ccccc2)c2nc3ccccc3[nH]2)CC1. The molecule has 1 aliphatic heterocycles. The van der Waals surface area contributed by atoms with E-state index in [0.29, 0.717) is 32.4 Å². The van der Waals surface area contributed by atoms with Crippen LogP contribution in [0.4, 0.5) is 0 Å². The van der Waals surface area contributed by atoms with Crippen molar-refractivity contribution in [2.45, 2.75) is 46.1 Å². The Balaban J connectivity index is 1.47. The topological polar surface area (TPSA) is 78.1 Å². The van der Waals surface area contributed by atoms with Gasteiger partial charge in [-0.3, -0.25) is 9.59 Å². The number of hydrogen-bond donors (Lipinski definition) is 2. The summed E-state index contributed by atoms with van der Waals surface area (Å²) in [6.45, 7) is 7.07. The number of likely N-dealkylation sites (tertiary alicyclic amines) is 1. The number of carbonyl (C=O) groups is 2. The van der Waals surface area contributed by atoms with E-state index < -0.39 is 5.41 Å². The Kier molecular flexibility index (Phi) is 6.31. The van der Waals surface area contributed by atoms with Crippen LogP contribution in [-0.2, 0) is 16.0 Å². The highest BCUT2D eigenvalue weighted by atomic mass is 16.2. The maximum atomic E-state index is 13.2. The van der Waals surface area contributed by atoms with Gasteiger partial charge in [-0.05, 0) is 37.0 Å². The van der Waals surface area contributed by atoms with Gasteiger partial charge in [-0.2, -0.15) is 0 Å². The smallest absolute Gasteiger partial charge is 0.227 e. The van der Waals surface area contributed by atoms with Crippen molar-refractivity contribution in [3.8, 4) is 0 Å². The van der Waals surface area contributed by atoms with Crippen LogP contribution in [0.2, 0.25) is 0 Å². The Morgan fingerprint density at radius 2 is 1.72 bits per heavy atom. The van der Waals surface area contributed by atoms with E-state index in [4.69, 9.17) is 4.98 Å². The van der Waals surface area contributed by atoms with E-state index in [-0.39, 0.29) is 23.8 Å². The number of aromatic amines is 1. The van der Waals surface area contributed by atoms with Gasteiger partial charge in [0.15, 0.2) is 0 Å². The molecule has 2 amide bonds. The van der Waals surface area contributed by atoms with Crippen LogP contribution in [0.5, 0.6) is 0 Å². The molecule has 32 heavy (non-hydrogen) atoms. The summed E-state index contributed by atoms with van der Waals surface area (Å²) in [6, 6.07) is 17.8. The summed E-state index contributed by atoms with van der Waals surface area (Å²) in [5.41, 5.74) is 2.61. The van der Waals surface area contributed by atoms with E-state index in [9.17, 15) is 9.59 Å². The van der Waals surface area contributed by atoms with Gasteiger partial charge >= 0.3 is 0 Å². The molecule has 1 saturated heterocycles. The largest absolute Gasteiger partial charge is 0.346 e. The highest BCUT2D eigenvalue weighted by molar-refractivity contribution is 5.83. The summed E-state index contributed by atoms with van der Waals surface area (Å²) < 4.78 is 0. The molecular weight excluding hydrogens is 400 g/mol. The molecule has 6 heteroatoms. The van der Waals surface area contributed by atoms with E-state index in [1.54, 1.807) is 0 Å². The van der Waals surface area contributed by atoms with Gasteiger partial charge in [0.05, 0.1) is 17.1 Å². The monoisotopic (exact) mass is 432 g/mol. The van der Waals surface area contributed by atoms with E-state index in [1.807, 2.05) is 68.1 Å². The second-order valence-corrected chi connectivity index (χ2v) is 9.71. The number of piperidine rings is 1. The highest BCUT2D eigenvalue weighted by Gasteiger charge is 2.33. The van der Waals surface area contributed by atoms with E-state index in [2.05, 4.69) is 22.4 Å². The molecule has 6 nitrogen and oxygen atoms in total. The van der Waals surface area contributed by atoms with Crippen molar-refractivity contribution in [3.05, 3.63) is 66.0 Å². The normalized spacial score (nSPS) is 16.2. The number of amides is 2. The van der Waals surface area contributed by atoms with Gasteiger partial charge in [-0.15, -0.1) is 0 Å². The summed E-state index contributed by atoms with van der Waals surface area (Å²) in [5.74, 6) is 0.861. The van der Waals surface area contributed by atoms with Crippen LogP contribution in [0.25, 0.3) is 11.0 Å². The number of aromatic nitrogens is 2. The first-order valence-electron chi connectivity index (χ1n) is 11.4. The molecule has 0 radical (unpaired) electrons. The van der Waals surface area contributed by atoms with Crippen molar-refractivity contribution in [2.24, 2.45) is 11.3 Å². The number of nitrogens with zero attached hydrogens (tertiary/aromatic N) is 2. The summed E-state index contributed by atoms with van der Waals surface area (Å²) >= 11 is 0. The zero-order valence-electron chi connectivity index (χ0n) is 19.1. The third kappa shape index (κ3) is 5.01. The fraction of sp³-hybridized carbons (Fsp3) is 0.423. The summed E-state index contributed by atoms with van der Waals surface area (Å²) in [4.78, 5) is 35.8. The first kappa shape index (κ1) is 22.1. The predicted molar refractivity (Wildman–Crippen MR) is 126 cm³/mol. The fourth-order valence-electron chi connectivity index (χ4n) is 4.31. The average Bonchev–Trinajstić information content (AvgIpc) is 3.22. The first-order valence-corrected chi connectivity index (χ1v) is 11.4. The minimum absolute atomic E-state index is 0.0363. The Morgan fingerprint density at radius 3 is 2.38 bits per heavy atom. The zero-order valence-corrected chi connectivity index (χ0v) is 19.1. The van der Waals surface area contributed by atoms with Crippen LogP contribution >= 0.6 is 0 Å². The lowest BCUT2D eigenvalue weighted by Crippen LogP contribution is -2.47. The number of fused-ring (bicyclic) bond motifs is 1. The minimum Gasteiger partial charge on any atom is -0.346 e. The molecule has 2 aromatic carbocycles. The molecule has 2 N–H and O–H groups in total. The van der Waals surface area contributed by atoms with Gasteiger partial charge in [-0.25, -0.2) is 4.98 Å². The molecule has 3 aromatic rings. The second kappa shape index (κ2) is 9.15. The molecule has 1 aromatic heterocycles. The third-order valence-electron chi connectivity index (χ3n) is 6.13. The fourth-order valence-corrected chi connectivity index (χ4v) is 4.31. The van der Waals surface area contributed by atoms with Crippen LogP contribution in [-0.4, -0.2) is 39.8 Å². The maximum Gasteiger partial charge on any atom is 0.227 e. The number of para-hydroxylation sites is 2. The molecule has 0 aliphatic carbocycles. The van der Waals surface area contributed by atoms with Crippen LogP contribution in [0.1, 0.15) is 51.0 Å². The van der Waals surface area contributed by atoms with Gasteiger partial charge in [0.25, 0.3) is 0 Å². The van der Waals surface area contributed by atoms with Gasteiger partial charge < -0.3 is 15.2 Å². The number of benzene rings is 2. The van der Waals surface area contributed by atoms with Crippen LogP contribution in [0, 0.1) is 11.3 Å². The van der Waals surface area contributed by atoms with Crippen molar-refractivity contribution in [1.82, 2.24) is 20.2 Å². The molecule has 1 fully saturated rings. The quantitative estimate of drug-likeness (QED) is 0.633. The molecule has 0 spiro atoms. The van der Waals surface area contributed by atoms with Gasteiger partial charge in [0, 0.05) is 24.4 Å². The maximum absolute atomic E-state index is 13.2. The van der Waals surface area contributed by atoms with Crippen LogP contribution in [0.3, 0.4) is 0 Å². The molecule has 4 rings (SSSR count). The number of rotatable bonds is 5. The van der Waals surface area contributed by atoms with Crippen LogP contribution < -0.4 is 5.32 Å². The van der Waals surface area contributed by atoms with Gasteiger partial charge in [-0.1, -0.05) is 63.2 Å². The standard InChI is InChI=1S/C26H32N4O2/c1-26(2,3)25(32)30-15-13-19(14-16-30)24(31)29-22(17-18-9-5-4-6-10-18)23-27-20-11-7-8-12-21(20)28-23/h4-12,19,22H,13-17H2,1-3H3,(H,27,28)(H,29,31)/t22-/m0/s1. The van der Waals surface area contributed by atoms with E-state index in [0.717, 1.165) is 22.4 Å². The molecule has 1 aliphatic rings. The molecule has 1 atom stereocenters. The van der Waals surface area contributed by atoms with Crippen molar-refractivity contribution in [2.75, 3.05) is 13.1 Å². The summed E-state index contributed by atoms with van der Waals surface area (Å²) in [7, 11) is 0. The molecule has 0 bridgehead atoms. The van der Waals surface area contributed by atoms with Gasteiger partial charge in [0.2, 0.25) is 11.8 Å². The first-order chi connectivity index (χ1) is 15.3. The molecule has 0 unspecified atom stereocenters. The second-order valence-electron chi connectivity index (χ2n) is 9.71.